The number of phenols is 1. The maximum absolute atomic E-state index is 13.8. The molecule has 6 atom stereocenters. The van der Waals surface area contributed by atoms with Crippen molar-refractivity contribution in [2.24, 2.45) is 23.5 Å². The highest BCUT2D eigenvalue weighted by atomic mass is 16.4. The number of carbonyl (C=O) groups is 4. The number of hydrogen-bond acceptors (Lipinski definition) is 11. The van der Waals surface area contributed by atoms with Crippen LogP contribution in [0, 0.1) is 17.8 Å². The number of primary amides is 1. The molecular formula is C28H36N4O8. The Bertz CT molecular complexity index is 1320. The first-order valence-corrected chi connectivity index (χ1v) is 13.5. The van der Waals surface area contributed by atoms with Crippen LogP contribution in [0.2, 0.25) is 0 Å². The van der Waals surface area contributed by atoms with Crippen LogP contribution in [0.3, 0.4) is 0 Å². The van der Waals surface area contributed by atoms with Gasteiger partial charge in [0.2, 0.25) is 5.91 Å². The second-order valence-electron chi connectivity index (χ2n) is 11.8. The fraction of sp³-hybridized carbons (Fsp3) is 0.571. The maximum Gasteiger partial charge on any atom is 0.230 e. The number of Topliss-reactive ketones (excluding diaryl/α,β-unsaturated/α-hetero) is 3. The molecule has 4 aliphatic rings. The molecule has 0 bridgehead atoms. The summed E-state index contributed by atoms with van der Waals surface area (Å²) in [5.41, 5.74) is 3.04. The molecule has 12 heteroatoms. The highest BCUT2D eigenvalue weighted by Gasteiger charge is 2.66. The van der Waals surface area contributed by atoms with Crippen molar-refractivity contribution in [2.75, 3.05) is 53.9 Å². The van der Waals surface area contributed by atoms with Gasteiger partial charge in [-0.05, 0) is 57.6 Å². The summed E-state index contributed by atoms with van der Waals surface area (Å²) in [6, 6.07) is 1.81. The molecule has 1 aromatic carbocycles. The summed E-state index contributed by atoms with van der Waals surface area (Å²) in [7, 11) is 5.22. The van der Waals surface area contributed by atoms with Gasteiger partial charge in [0.15, 0.2) is 23.0 Å². The number of likely N-dealkylation sites (N-methyl/N-ethyl adjacent to an activating group) is 2. The normalized spacial score (nSPS) is 33.0. The van der Waals surface area contributed by atoms with Gasteiger partial charge in [-0.25, -0.2) is 0 Å². The Hall–Kier alpha value is -3.16. The first kappa shape index (κ1) is 28.4. The van der Waals surface area contributed by atoms with Crippen molar-refractivity contribution < 1.29 is 39.6 Å². The number of aliphatic hydroxyl groups excluding tert-OH is 2. The molecule has 1 aromatic rings. The average molecular weight is 557 g/mol. The number of amides is 1. The fourth-order valence-corrected chi connectivity index (χ4v) is 7.16. The number of fused-ring (bicyclic) bond motifs is 3. The van der Waals surface area contributed by atoms with Crippen molar-refractivity contribution in [3.05, 3.63) is 40.2 Å². The molecular weight excluding hydrogens is 520 g/mol. The Morgan fingerprint density at radius 2 is 1.77 bits per heavy atom. The molecule has 0 aromatic heterocycles. The quantitative estimate of drug-likeness (QED) is 0.215. The van der Waals surface area contributed by atoms with Crippen LogP contribution in [-0.4, -0.2) is 130 Å². The van der Waals surface area contributed by atoms with E-state index in [9.17, 15) is 39.6 Å². The molecule has 1 amide bonds. The van der Waals surface area contributed by atoms with Crippen LogP contribution in [0.1, 0.15) is 32.7 Å². The number of ketones is 3. The number of allylic oxidation sites excluding steroid dienone is 1. The summed E-state index contributed by atoms with van der Waals surface area (Å²) in [6.45, 7) is 3.25. The van der Waals surface area contributed by atoms with Crippen molar-refractivity contribution >= 4 is 23.3 Å². The molecule has 1 saturated carbocycles. The van der Waals surface area contributed by atoms with Gasteiger partial charge < -0.3 is 36.0 Å². The molecule has 2 fully saturated rings. The third kappa shape index (κ3) is 4.17. The van der Waals surface area contributed by atoms with Crippen molar-refractivity contribution in [2.45, 2.75) is 30.6 Å². The number of benzene rings is 1. The van der Waals surface area contributed by atoms with Crippen LogP contribution in [0.5, 0.6) is 5.75 Å². The van der Waals surface area contributed by atoms with Gasteiger partial charge >= 0.3 is 0 Å². The van der Waals surface area contributed by atoms with E-state index in [-0.39, 0.29) is 42.1 Å². The maximum atomic E-state index is 13.8. The van der Waals surface area contributed by atoms with Crippen molar-refractivity contribution in [3.8, 4) is 5.75 Å². The van der Waals surface area contributed by atoms with Crippen LogP contribution in [-0.2, 0) is 16.0 Å². The second-order valence-corrected chi connectivity index (χ2v) is 11.8. The molecule has 216 valence electrons. The van der Waals surface area contributed by atoms with Gasteiger partial charge in [0.1, 0.15) is 17.4 Å². The molecule has 40 heavy (non-hydrogen) atoms. The van der Waals surface area contributed by atoms with E-state index in [0.29, 0.717) is 11.1 Å². The molecule has 0 spiro atoms. The summed E-state index contributed by atoms with van der Waals surface area (Å²) >= 11 is 0. The van der Waals surface area contributed by atoms with Crippen LogP contribution in [0.15, 0.2) is 23.5 Å². The van der Waals surface area contributed by atoms with Crippen LogP contribution >= 0.6 is 0 Å². The first-order chi connectivity index (χ1) is 18.8. The van der Waals surface area contributed by atoms with E-state index in [1.165, 1.54) is 12.1 Å². The minimum atomic E-state index is -2.64. The molecule has 1 saturated heterocycles. The zero-order valence-electron chi connectivity index (χ0n) is 22.8. The Morgan fingerprint density at radius 3 is 2.38 bits per heavy atom. The van der Waals surface area contributed by atoms with Crippen LogP contribution in [0.25, 0.3) is 0 Å². The summed E-state index contributed by atoms with van der Waals surface area (Å²) < 4.78 is 0. The molecule has 12 nitrogen and oxygen atoms in total. The average Bonchev–Trinajstić information content (AvgIpc) is 2.87. The number of nitrogens with two attached hydrogens (primary N) is 1. The summed E-state index contributed by atoms with van der Waals surface area (Å²) in [4.78, 5) is 58.6. The van der Waals surface area contributed by atoms with Gasteiger partial charge in [-0.15, -0.1) is 0 Å². The third-order valence-electron chi connectivity index (χ3n) is 9.24. The lowest BCUT2D eigenvalue weighted by Gasteiger charge is -2.53. The number of rotatable bonds is 5. The first-order valence-electron chi connectivity index (χ1n) is 13.5. The summed E-state index contributed by atoms with van der Waals surface area (Å²) in [5, 5.41) is 44.8. The zero-order chi connectivity index (χ0) is 29.3. The van der Waals surface area contributed by atoms with Crippen LogP contribution < -0.4 is 5.73 Å². The van der Waals surface area contributed by atoms with Crippen LogP contribution in [0.4, 0.5) is 0 Å². The molecule has 3 aliphatic carbocycles. The smallest absolute Gasteiger partial charge is 0.230 e. The van der Waals surface area contributed by atoms with Gasteiger partial charge in [0.25, 0.3) is 0 Å². The van der Waals surface area contributed by atoms with Crippen molar-refractivity contribution in [3.63, 3.8) is 0 Å². The number of piperazine rings is 1. The standard InChI is InChI=1S/C28H36N4O8/c1-30(2)22-16-11-13-10-15-14(18(34)12-32-8-6-31(3)7-9-32)4-5-17(33)20(15)23(35)19(13)25(37)28(16,40)26(38)21(24(22)36)27(29)39/h4-5,13,16,21-22,24,33,36-37,40H,6-12H2,1-3H3,(H2,29,39)/t13-,16-,21?,22-,24?,28-/m0/s1. The van der Waals surface area contributed by atoms with Crippen molar-refractivity contribution in [1.29, 1.82) is 0 Å². The fourth-order valence-electron chi connectivity index (χ4n) is 7.16. The molecule has 1 heterocycles. The highest BCUT2D eigenvalue weighted by molar-refractivity contribution is 6.17. The number of carbonyl (C=O) groups excluding carboxylic acids is 4. The van der Waals surface area contributed by atoms with E-state index in [4.69, 9.17) is 5.73 Å². The highest BCUT2D eigenvalue weighted by Crippen LogP contribution is 2.52. The summed E-state index contributed by atoms with van der Waals surface area (Å²) in [6.07, 6.45) is -1.45. The lowest BCUT2D eigenvalue weighted by Crippen LogP contribution is -2.71. The second kappa shape index (κ2) is 10.0. The van der Waals surface area contributed by atoms with Gasteiger partial charge in [0.05, 0.1) is 18.2 Å². The number of aliphatic hydroxyl groups is 3. The van der Waals surface area contributed by atoms with E-state index in [0.717, 1.165) is 26.2 Å². The number of phenolic OH excluding ortho intramolecular Hbond substituents is 1. The number of aromatic hydroxyl groups is 1. The van der Waals surface area contributed by atoms with Gasteiger partial charge in [-0.2, -0.15) is 0 Å². The predicted molar refractivity (Wildman–Crippen MR) is 142 cm³/mol. The SMILES string of the molecule is CN1CCN(CC(=O)c2ccc(O)c3c2C[C@H]2C[C@H]4[C@H](N(C)C)C(O)C(C(N)=O)C(=O)[C@@]4(O)C(O)=C2C3=O)CC1. The van der Waals surface area contributed by atoms with E-state index < -0.39 is 58.7 Å². The summed E-state index contributed by atoms with van der Waals surface area (Å²) in [5.74, 6) is -8.18. The van der Waals surface area contributed by atoms with Gasteiger partial charge in [-0.1, -0.05) is 0 Å². The Balaban J connectivity index is 1.58. The Morgan fingerprint density at radius 1 is 1.12 bits per heavy atom. The molecule has 0 radical (unpaired) electrons. The largest absolute Gasteiger partial charge is 0.508 e. The zero-order valence-corrected chi connectivity index (χ0v) is 22.8. The predicted octanol–water partition coefficient (Wildman–Crippen LogP) is -1.28. The number of hydrogen-bond donors (Lipinski definition) is 5. The Labute approximate surface area is 231 Å². The van der Waals surface area contributed by atoms with E-state index >= 15 is 0 Å². The molecule has 1 aliphatic heterocycles. The van der Waals surface area contributed by atoms with E-state index in [2.05, 4.69) is 4.90 Å². The topological polar surface area (TPSA) is 185 Å². The lowest BCUT2D eigenvalue weighted by molar-refractivity contribution is -0.178. The molecule has 2 unspecified atom stereocenters. The third-order valence-corrected chi connectivity index (χ3v) is 9.24. The molecule has 6 N–H and O–H groups in total. The Kier molecular flexibility index (Phi) is 7.12. The minimum Gasteiger partial charge on any atom is -0.508 e. The van der Waals surface area contributed by atoms with Crippen molar-refractivity contribution in [1.82, 2.24) is 14.7 Å². The molecule has 5 rings (SSSR count). The lowest BCUT2D eigenvalue weighted by atomic mass is 9.56. The van der Waals surface area contributed by atoms with E-state index in [1.54, 1.807) is 19.0 Å². The van der Waals surface area contributed by atoms with Gasteiger partial charge in [-0.3, -0.25) is 24.1 Å². The minimum absolute atomic E-state index is 0.0000513. The van der Waals surface area contributed by atoms with Gasteiger partial charge in [0, 0.05) is 49.3 Å². The number of nitrogens with zero attached hydrogens (tertiary/aromatic N) is 3. The monoisotopic (exact) mass is 556 g/mol. The van der Waals surface area contributed by atoms with E-state index in [1.807, 2.05) is 11.9 Å².